The van der Waals surface area contributed by atoms with Crippen LogP contribution < -0.4 is 5.32 Å². The Bertz CT molecular complexity index is 1100. The number of nitrogens with one attached hydrogen (secondary N) is 1. The standard InChI is InChI=1S/C50H95N2O6P/c1-6-8-10-12-14-16-18-20-22-23-24-25-26-27-28-29-30-32-34-36-38-40-42-44-50(54)51-48(47-58-59(55,56)57-46-45-52(3,4)5)49(53)43-41-39-37-35-33-31-21-19-17-15-13-11-9-7-2/h8,10,14,16,20,22,24-25,48-49,53H,6-7,9,11-13,15,17-19,21,23,26-47H2,1-5H3,(H-,51,54,55,56)/p+1/b10-8-,16-14-,22-20-,25-24-. The molecule has 8 nitrogen and oxygen atoms in total. The summed E-state index contributed by atoms with van der Waals surface area (Å²) < 4.78 is 23.7. The molecular formula is C50H96N2O6P+. The quantitative estimate of drug-likeness (QED) is 0.0244. The van der Waals surface area contributed by atoms with Crippen LogP contribution in [0.15, 0.2) is 48.6 Å². The van der Waals surface area contributed by atoms with Crippen molar-refractivity contribution in [3.63, 3.8) is 0 Å². The zero-order valence-corrected chi connectivity index (χ0v) is 40.1. The highest BCUT2D eigenvalue weighted by Crippen LogP contribution is 2.43. The number of carbonyl (C=O) groups is 1. The van der Waals surface area contributed by atoms with Crippen molar-refractivity contribution in [2.24, 2.45) is 0 Å². The van der Waals surface area contributed by atoms with Gasteiger partial charge in [0, 0.05) is 6.42 Å². The topological polar surface area (TPSA) is 105 Å². The van der Waals surface area contributed by atoms with Gasteiger partial charge in [0.05, 0.1) is 39.9 Å². The van der Waals surface area contributed by atoms with Crippen LogP contribution in [0.4, 0.5) is 0 Å². The number of hydrogen-bond acceptors (Lipinski definition) is 5. The van der Waals surface area contributed by atoms with Gasteiger partial charge in [0.15, 0.2) is 0 Å². The molecule has 0 saturated heterocycles. The fourth-order valence-corrected chi connectivity index (χ4v) is 7.71. The molecule has 3 atom stereocenters. The molecule has 1 amide bonds. The average Bonchev–Trinajstić information content (AvgIpc) is 3.19. The van der Waals surface area contributed by atoms with Crippen LogP contribution in [0.1, 0.15) is 213 Å². The molecule has 0 aliphatic rings. The van der Waals surface area contributed by atoms with Crippen molar-refractivity contribution in [2.75, 3.05) is 40.9 Å². The Morgan fingerprint density at radius 1 is 0.593 bits per heavy atom. The molecule has 0 aromatic carbocycles. The van der Waals surface area contributed by atoms with Crippen molar-refractivity contribution in [3.8, 4) is 0 Å². The third kappa shape index (κ3) is 44.3. The summed E-state index contributed by atoms with van der Waals surface area (Å²) in [4.78, 5) is 23.2. The highest BCUT2D eigenvalue weighted by atomic mass is 31.2. The summed E-state index contributed by atoms with van der Waals surface area (Å²) in [6, 6.07) is -0.763. The molecule has 3 N–H and O–H groups in total. The Morgan fingerprint density at radius 2 is 1.02 bits per heavy atom. The Balaban J connectivity index is 4.26. The molecule has 0 aliphatic carbocycles. The highest BCUT2D eigenvalue weighted by molar-refractivity contribution is 7.47. The Labute approximate surface area is 365 Å². The van der Waals surface area contributed by atoms with Gasteiger partial charge in [-0.05, 0) is 51.4 Å². The lowest BCUT2D eigenvalue weighted by molar-refractivity contribution is -0.870. The van der Waals surface area contributed by atoms with E-state index in [0.717, 1.165) is 64.2 Å². The minimum Gasteiger partial charge on any atom is -0.391 e. The number of phosphoric ester groups is 1. The van der Waals surface area contributed by atoms with Crippen molar-refractivity contribution >= 4 is 13.7 Å². The molecule has 0 radical (unpaired) electrons. The molecule has 346 valence electrons. The van der Waals surface area contributed by atoms with Crippen LogP contribution >= 0.6 is 7.82 Å². The van der Waals surface area contributed by atoms with Gasteiger partial charge in [-0.1, -0.05) is 204 Å². The number of phosphoric acid groups is 1. The van der Waals surface area contributed by atoms with E-state index in [1.807, 2.05) is 21.1 Å². The number of amides is 1. The molecule has 9 heteroatoms. The summed E-state index contributed by atoms with van der Waals surface area (Å²) in [5, 5.41) is 14.0. The molecule has 0 fully saturated rings. The minimum atomic E-state index is -4.32. The largest absolute Gasteiger partial charge is 0.472 e. The van der Waals surface area contributed by atoms with Crippen molar-refractivity contribution in [2.45, 2.75) is 225 Å². The van der Waals surface area contributed by atoms with Gasteiger partial charge < -0.3 is 19.8 Å². The van der Waals surface area contributed by atoms with E-state index in [2.05, 4.69) is 67.8 Å². The van der Waals surface area contributed by atoms with Gasteiger partial charge in [-0.25, -0.2) is 4.57 Å². The molecule has 0 heterocycles. The van der Waals surface area contributed by atoms with Crippen molar-refractivity contribution < 1.29 is 32.9 Å². The summed E-state index contributed by atoms with van der Waals surface area (Å²) in [5.74, 6) is -0.150. The Hall–Kier alpha value is -1.54. The zero-order chi connectivity index (χ0) is 43.6. The molecule has 0 rings (SSSR count). The van der Waals surface area contributed by atoms with Crippen LogP contribution in [-0.2, 0) is 18.4 Å². The maximum absolute atomic E-state index is 12.9. The number of aliphatic hydroxyl groups is 1. The first-order valence-corrected chi connectivity index (χ1v) is 26.0. The maximum atomic E-state index is 12.9. The summed E-state index contributed by atoms with van der Waals surface area (Å²) in [7, 11) is 1.61. The molecule has 0 aliphatic heterocycles. The number of unbranched alkanes of at least 4 members (excludes halogenated alkanes) is 23. The fourth-order valence-electron chi connectivity index (χ4n) is 6.98. The number of likely N-dealkylation sites (N-methyl/N-ethyl adjacent to an activating group) is 1. The number of quaternary nitrogens is 1. The Morgan fingerprint density at radius 3 is 1.49 bits per heavy atom. The lowest BCUT2D eigenvalue weighted by atomic mass is 10.0. The third-order valence-electron chi connectivity index (χ3n) is 10.8. The summed E-state index contributed by atoms with van der Waals surface area (Å²) in [5.41, 5.74) is 0. The Kier molecular flexibility index (Phi) is 40.7. The van der Waals surface area contributed by atoms with Gasteiger partial charge >= 0.3 is 7.82 Å². The van der Waals surface area contributed by atoms with E-state index in [4.69, 9.17) is 9.05 Å². The highest BCUT2D eigenvalue weighted by Gasteiger charge is 2.28. The van der Waals surface area contributed by atoms with Gasteiger partial charge in [0.1, 0.15) is 13.2 Å². The van der Waals surface area contributed by atoms with Crippen LogP contribution in [-0.4, -0.2) is 73.4 Å². The predicted molar refractivity (Wildman–Crippen MR) is 254 cm³/mol. The lowest BCUT2D eigenvalue weighted by Crippen LogP contribution is -2.46. The van der Waals surface area contributed by atoms with Crippen LogP contribution in [0.25, 0.3) is 0 Å². The van der Waals surface area contributed by atoms with E-state index in [0.29, 0.717) is 23.9 Å². The third-order valence-corrected chi connectivity index (χ3v) is 11.8. The minimum absolute atomic E-state index is 0.0726. The fraction of sp³-hybridized carbons (Fsp3) is 0.820. The van der Waals surface area contributed by atoms with E-state index >= 15 is 0 Å². The SMILES string of the molecule is CC/C=C\C/C=C\C/C=C\C/C=C\CCCCCCCCCCCCC(=O)NC(COP(=O)(O)OCC[N+](C)(C)C)C(O)CCCCCCCCCCCCCCCC. The van der Waals surface area contributed by atoms with Gasteiger partial charge in [0.2, 0.25) is 5.91 Å². The predicted octanol–water partition coefficient (Wildman–Crippen LogP) is 14.0. The molecule has 0 spiro atoms. The second-order valence-corrected chi connectivity index (χ2v) is 19.3. The zero-order valence-electron chi connectivity index (χ0n) is 39.2. The molecule has 3 unspecified atom stereocenters. The molecule has 0 aromatic rings. The van der Waals surface area contributed by atoms with E-state index in [1.165, 1.54) is 122 Å². The second-order valence-electron chi connectivity index (χ2n) is 17.8. The van der Waals surface area contributed by atoms with Gasteiger partial charge in [0.25, 0.3) is 0 Å². The van der Waals surface area contributed by atoms with E-state index in [1.54, 1.807) is 0 Å². The van der Waals surface area contributed by atoms with Crippen LogP contribution in [0.5, 0.6) is 0 Å². The summed E-state index contributed by atoms with van der Waals surface area (Å²) in [6.45, 7) is 4.77. The number of aliphatic hydroxyl groups excluding tert-OH is 1. The van der Waals surface area contributed by atoms with Crippen molar-refractivity contribution in [1.82, 2.24) is 5.32 Å². The number of carbonyl (C=O) groups excluding carboxylic acids is 1. The van der Waals surface area contributed by atoms with Gasteiger partial charge in [-0.2, -0.15) is 0 Å². The van der Waals surface area contributed by atoms with Crippen LogP contribution in [0.2, 0.25) is 0 Å². The monoisotopic (exact) mass is 852 g/mol. The van der Waals surface area contributed by atoms with Crippen LogP contribution in [0, 0.1) is 0 Å². The number of nitrogens with zero attached hydrogens (tertiary/aromatic N) is 1. The summed E-state index contributed by atoms with van der Waals surface area (Å²) >= 11 is 0. The maximum Gasteiger partial charge on any atom is 0.472 e. The number of allylic oxidation sites excluding steroid dienone is 8. The summed E-state index contributed by atoms with van der Waals surface area (Å²) in [6.07, 6.45) is 52.8. The molecule has 0 aromatic heterocycles. The van der Waals surface area contributed by atoms with Crippen molar-refractivity contribution in [3.05, 3.63) is 48.6 Å². The average molecular weight is 852 g/mol. The van der Waals surface area contributed by atoms with Gasteiger partial charge in [-0.15, -0.1) is 0 Å². The molecular weight excluding hydrogens is 756 g/mol. The normalized spacial score (nSPS) is 14.6. The first-order chi connectivity index (χ1) is 28.5. The first-order valence-electron chi connectivity index (χ1n) is 24.5. The number of rotatable bonds is 44. The molecule has 0 bridgehead atoms. The second kappa shape index (κ2) is 41.8. The van der Waals surface area contributed by atoms with E-state index in [-0.39, 0.29) is 19.1 Å². The molecule has 59 heavy (non-hydrogen) atoms. The smallest absolute Gasteiger partial charge is 0.391 e. The number of hydrogen-bond donors (Lipinski definition) is 3. The van der Waals surface area contributed by atoms with Gasteiger partial charge in [-0.3, -0.25) is 13.8 Å². The molecule has 0 saturated carbocycles. The van der Waals surface area contributed by atoms with E-state index in [9.17, 15) is 19.4 Å². The van der Waals surface area contributed by atoms with Crippen LogP contribution in [0.3, 0.4) is 0 Å². The first kappa shape index (κ1) is 57.5. The van der Waals surface area contributed by atoms with E-state index < -0.39 is 20.0 Å². The van der Waals surface area contributed by atoms with Crippen molar-refractivity contribution in [1.29, 1.82) is 0 Å². The lowest BCUT2D eigenvalue weighted by Gasteiger charge is -2.26.